The van der Waals surface area contributed by atoms with Crippen LogP contribution in [-0.4, -0.2) is 83.3 Å². The van der Waals surface area contributed by atoms with Gasteiger partial charge in [-0.2, -0.15) is 0 Å². The highest BCUT2D eigenvalue weighted by Gasteiger charge is 2.36. The molecular formula is C38H48N8O3. The minimum atomic E-state index is -0.301. The van der Waals surface area contributed by atoms with Gasteiger partial charge in [0.2, 0.25) is 11.8 Å². The van der Waals surface area contributed by atoms with E-state index in [0.29, 0.717) is 24.2 Å². The summed E-state index contributed by atoms with van der Waals surface area (Å²) >= 11 is 0. The molecule has 258 valence electrons. The van der Waals surface area contributed by atoms with Crippen molar-refractivity contribution >= 4 is 34.4 Å². The Morgan fingerprint density at radius 3 is 2.53 bits per heavy atom. The molecule has 4 aliphatic heterocycles. The first kappa shape index (κ1) is 32.0. The Morgan fingerprint density at radius 2 is 1.78 bits per heavy atom. The number of carbonyl (C=O) groups is 3. The SMILES string of the molecule is CC1(C)CCC2=C(C1)NNC2c1cc2ccc(C(=O)N3CCN(CC4CCN(c5ccc(C6CCC(=O)NC6=O)cn5)CC4)CC3)cc2[nH]1. The number of carbonyl (C=O) groups excluding carboxylic acids is 3. The van der Waals surface area contributed by atoms with Crippen LogP contribution < -0.4 is 21.1 Å². The Kier molecular flexibility index (Phi) is 8.43. The number of amides is 3. The van der Waals surface area contributed by atoms with Gasteiger partial charge >= 0.3 is 0 Å². The van der Waals surface area contributed by atoms with Crippen molar-refractivity contribution < 1.29 is 14.4 Å². The average Bonchev–Trinajstić information content (AvgIpc) is 3.71. The number of benzene rings is 1. The molecule has 3 aromatic rings. The van der Waals surface area contributed by atoms with Crippen LogP contribution in [0.5, 0.6) is 0 Å². The van der Waals surface area contributed by atoms with Crippen LogP contribution in [0.3, 0.4) is 0 Å². The Labute approximate surface area is 287 Å². The number of hydrazine groups is 1. The summed E-state index contributed by atoms with van der Waals surface area (Å²) in [5, 5.41) is 3.57. The Balaban J connectivity index is 0.812. The van der Waals surface area contributed by atoms with Crippen LogP contribution >= 0.6 is 0 Å². The third kappa shape index (κ3) is 6.58. The molecule has 2 unspecified atom stereocenters. The fourth-order valence-electron chi connectivity index (χ4n) is 8.53. The number of piperidine rings is 2. The number of rotatable bonds is 6. The summed E-state index contributed by atoms with van der Waals surface area (Å²) < 4.78 is 0. The fourth-order valence-corrected chi connectivity index (χ4v) is 8.53. The molecule has 2 atom stereocenters. The molecule has 0 spiro atoms. The van der Waals surface area contributed by atoms with Gasteiger partial charge in [-0.05, 0) is 90.6 Å². The predicted molar refractivity (Wildman–Crippen MR) is 189 cm³/mol. The third-order valence-corrected chi connectivity index (χ3v) is 11.6. The number of nitrogens with zero attached hydrogens (tertiary/aromatic N) is 4. The van der Waals surface area contributed by atoms with E-state index in [1.807, 2.05) is 29.2 Å². The minimum Gasteiger partial charge on any atom is -0.357 e. The first-order valence-corrected chi connectivity index (χ1v) is 18.1. The molecular weight excluding hydrogens is 616 g/mol. The number of imide groups is 1. The highest BCUT2D eigenvalue weighted by atomic mass is 16.2. The van der Waals surface area contributed by atoms with Crippen molar-refractivity contribution in [3.8, 4) is 0 Å². The zero-order valence-electron chi connectivity index (χ0n) is 28.7. The van der Waals surface area contributed by atoms with Gasteiger partial charge in [-0.25, -0.2) is 10.4 Å². The van der Waals surface area contributed by atoms with Gasteiger partial charge in [-0.15, -0.1) is 0 Å². The van der Waals surface area contributed by atoms with Gasteiger partial charge < -0.3 is 20.2 Å². The molecule has 3 saturated heterocycles. The first-order chi connectivity index (χ1) is 23.7. The van der Waals surface area contributed by atoms with Gasteiger partial charge in [0.05, 0.1) is 12.0 Å². The first-order valence-electron chi connectivity index (χ1n) is 18.1. The fraction of sp³-hybridized carbons (Fsp3) is 0.526. The maximum atomic E-state index is 13.6. The second-order valence-corrected chi connectivity index (χ2v) is 15.6. The van der Waals surface area contributed by atoms with Gasteiger partial charge in [-0.1, -0.05) is 26.0 Å². The molecule has 11 heteroatoms. The number of allylic oxidation sites excluding steroid dienone is 1. The molecule has 3 amide bonds. The van der Waals surface area contributed by atoms with Crippen molar-refractivity contribution in [1.29, 1.82) is 0 Å². The van der Waals surface area contributed by atoms with Crippen molar-refractivity contribution in [2.45, 2.75) is 70.8 Å². The zero-order valence-corrected chi connectivity index (χ0v) is 28.7. The van der Waals surface area contributed by atoms with E-state index in [9.17, 15) is 14.4 Å². The molecule has 0 saturated carbocycles. The van der Waals surface area contributed by atoms with Crippen molar-refractivity contribution in [3.63, 3.8) is 0 Å². The van der Waals surface area contributed by atoms with E-state index in [1.54, 1.807) is 6.20 Å². The van der Waals surface area contributed by atoms with Crippen LogP contribution in [0.25, 0.3) is 10.9 Å². The van der Waals surface area contributed by atoms with Crippen molar-refractivity contribution in [1.82, 2.24) is 35.9 Å². The van der Waals surface area contributed by atoms with E-state index in [4.69, 9.17) is 0 Å². The maximum absolute atomic E-state index is 13.6. The summed E-state index contributed by atoms with van der Waals surface area (Å²) in [5.74, 6) is 0.967. The summed E-state index contributed by atoms with van der Waals surface area (Å²) in [4.78, 5) is 52.5. The van der Waals surface area contributed by atoms with Crippen LogP contribution in [0.15, 0.2) is 53.9 Å². The minimum absolute atomic E-state index is 0.113. The van der Waals surface area contributed by atoms with Gasteiger partial charge in [0.15, 0.2) is 0 Å². The summed E-state index contributed by atoms with van der Waals surface area (Å²) in [5.41, 5.74) is 13.9. The molecule has 5 aliphatic rings. The van der Waals surface area contributed by atoms with Crippen LogP contribution in [0.4, 0.5) is 5.82 Å². The number of aromatic nitrogens is 2. The molecule has 11 nitrogen and oxygen atoms in total. The Bertz CT molecular complexity index is 1780. The normalized spacial score (nSPS) is 25.0. The molecule has 8 rings (SSSR count). The quantitative estimate of drug-likeness (QED) is 0.287. The van der Waals surface area contributed by atoms with Crippen molar-refractivity contribution in [3.05, 3.63) is 70.7 Å². The number of nitrogens with one attached hydrogen (secondary N) is 4. The lowest BCUT2D eigenvalue weighted by Gasteiger charge is -2.39. The number of fused-ring (bicyclic) bond motifs is 1. The zero-order chi connectivity index (χ0) is 33.7. The second kappa shape index (κ2) is 12.9. The van der Waals surface area contributed by atoms with Crippen LogP contribution in [0.1, 0.15) is 92.4 Å². The number of hydrogen-bond acceptors (Lipinski definition) is 8. The lowest BCUT2D eigenvalue weighted by Crippen LogP contribution is -2.50. The van der Waals surface area contributed by atoms with Gasteiger partial charge in [-0.3, -0.25) is 24.6 Å². The van der Waals surface area contributed by atoms with E-state index < -0.39 is 0 Å². The van der Waals surface area contributed by atoms with Crippen molar-refractivity contribution in [2.24, 2.45) is 11.3 Å². The second-order valence-electron chi connectivity index (χ2n) is 15.6. The maximum Gasteiger partial charge on any atom is 0.254 e. The van der Waals surface area contributed by atoms with Crippen LogP contribution in [0.2, 0.25) is 0 Å². The molecule has 0 bridgehead atoms. The molecule has 6 heterocycles. The number of pyridine rings is 1. The van der Waals surface area contributed by atoms with E-state index in [-0.39, 0.29) is 29.7 Å². The molecule has 49 heavy (non-hydrogen) atoms. The Hall–Kier alpha value is -4.22. The largest absolute Gasteiger partial charge is 0.357 e. The number of hydrogen-bond donors (Lipinski definition) is 4. The number of piperazine rings is 1. The number of H-pyrrole nitrogens is 1. The van der Waals surface area contributed by atoms with Gasteiger partial charge in [0.1, 0.15) is 5.82 Å². The van der Waals surface area contributed by atoms with E-state index in [1.165, 1.54) is 17.7 Å². The molecule has 1 aliphatic carbocycles. The highest BCUT2D eigenvalue weighted by Crippen LogP contribution is 2.44. The summed E-state index contributed by atoms with van der Waals surface area (Å²) in [7, 11) is 0. The standard InChI is InChI=1S/C38H48N8O3/c1-38(2)12-9-29-32(21-38)42-43-35(29)31-19-25-3-4-26(20-30(25)40-31)37(49)46-17-15-44(16-18-46)23-24-10-13-45(14-11-24)33-7-5-27(22-39-33)28-6-8-34(47)41-36(28)48/h3-5,7,19-20,22,24,28,35,40,42-43H,6,8-18,21,23H2,1-2H3,(H,41,47,48). The topological polar surface area (TPSA) is 126 Å². The van der Waals surface area contributed by atoms with Crippen molar-refractivity contribution in [2.75, 3.05) is 50.7 Å². The van der Waals surface area contributed by atoms with E-state index in [0.717, 1.165) is 105 Å². The average molecular weight is 665 g/mol. The van der Waals surface area contributed by atoms with E-state index >= 15 is 0 Å². The third-order valence-electron chi connectivity index (χ3n) is 11.6. The van der Waals surface area contributed by atoms with Gasteiger partial charge in [0, 0.05) is 80.9 Å². The number of aromatic amines is 1. The summed E-state index contributed by atoms with van der Waals surface area (Å²) in [6, 6.07) is 12.4. The Morgan fingerprint density at radius 1 is 0.959 bits per heavy atom. The summed E-state index contributed by atoms with van der Waals surface area (Å²) in [6.45, 7) is 11.0. The lowest BCUT2D eigenvalue weighted by atomic mass is 9.75. The van der Waals surface area contributed by atoms with E-state index in [2.05, 4.69) is 61.9 Å². The molecule has 2 aromatic heterocycles. The van der Waals surface area contributed by atoms with Crippen LogP contribution in [-0.2, 0) is 9.59 Å². The highest BCUT2D eigenvalue weighted by molar-refractivity contribution is 6.01. The number of anilines is 1. The summed E-state index contributed by atoms with van der Waals surface area (Å²) in [6.07, 6.45) is 8.29. The molecule has 0 radical (unpaired) electrons. The monoisotopic (exact) mass is 664 g/mol. The molecule has 3 fully saturated rings. The molecule has 4 N–H and O–H groups in total. The smallest absolute Gasteiger partial charge is 0.254 e. The molecule has 1 aromatic carbocycles. The lowest BCUT2D eigenvalue weighted by molar-refractivity contribution is -0.134. The van der Waals surface area contributed by atoms with Crippen LogP contribution in [0, 0.1) is 11.3 Å². The predicted octanol–water partition coefficient (Wildman–Crippen LogP) is 4.37. The van der Waals surface area contributed by atoms with Gasteiger partial charge in [0.25, 0.3) is 5.91 Å².